The lowest BCUT2D eigenvalue weighted by Crippen LogP contribution is -2.34. The van der Waals surface area contributed by atoms with Gasteiger partial charge in [-0.25, -0.2) is 17.5 Å². The topological polar surface area (TPSA) is 68.5 Å². The lowest BCUT2D eigenvalue weighted by molar-refractivity contribution is 0.385. The molecule has 0 aliphatic heterocycles. The molecule has 1 aromatic heterocycles. The van der Waals surface area contributed by atoms with Crippen molar-refractivity contribution in [2.45, 2.75) is 24.3 Å². The first-order valence-electron chi connectivity index (χ1n) is 6.30. The highest BCUT2D eigenvalue weighted by molar-refractivity contribution is 7.89. The molecular formula is C14H16FNO4S. The molecule has 1 N–H and O–H groups in total. The van der Waals surface area contributed by atoms with Crippen LogP contribution in [0.25, 0.3) is 0 Å². The van der Waals surface area contributed by atoms with Gasteiger partial charge in [0.15, 0.2) is 11.6 Å². The third kappa shape index (κ3) is 3.83. The summed E-state index contributed by atoms with van der Waals surface area (Å²) in [4.78, 5) is -0.146. The molecule has 1 heterocycles. The third-order valence-corrected chi connectivity index (χ3v) is 4.46. The van der Waals surface area contributed by atoms with Gasteiger partial charge in [0.2, 0.25) is 10.0 Å². The molecule has 0 spiro atoms. The molecule has 0 aliphatic carbocycles. The number of furan rings is 1. The maximum atomic E-state index is 13.6. The van der Waals surface area contributed by atoms with Crippen molar-refractivity contribution < 1.29 is 22.0 Å². The van der Waals surface area contributed by atoms with Gasteiger partial charge in [0.25, 0.3) is 0 Å². The standard InChI is InChI=1S/C14H16FNO4S/c1-10(8-11-4-3-7-20-11)16-21(17,18)12-5-6-14(19-2)13(15)9-12/h3-7,9-10,16H,8H2,1-2H3/t10-/m1/s1. The lowest BCUT2D eigenvalue weighted by Gasteiger charge is -2.13. The molecule has 0 fully saturated rings. The normalized spacial score (nSPS) is 13.1. The first-order chi connectivity index (χ1) is 9.92. The molecule has 5 nitrogen and oxygen atoms in total. The Labute approximate surface area is 122 Å². The summed E-state index contributed by atoms with van der Waals surface area (Å²) in [6.45, 7) is 1.71. The summed E-state index contributed by atoms with van der Waals surface area (Å²) in [6.07, 6.45) is 1.93. The van der Waals surface area contributed by atoms with E-state index in [1.165, 1.54) is 25.5 Å². The Morgan fingerprint density at radius 1 is 1.38 bits per heavy atom. The first kappa shape index (κ1) is 15.5. The van der Waals surface area contributed by atoms with Crippen LogP contribution in [0, 0.1) is 5.82 Å². The Bertz CT molecular complexity index is 698. The molecule has 0 radical (unpaired) electrons. The number of halogens is 1. The predicted octanol–water partition coefficient (Wildman–Crippen LogP) is 2.34. The van der Waals surface area contributed by atoms with Crippen molar-refractivity contribution in [3.8, 4) is 5.75 Å². The van der Waals surface area contributed by atoms with Crippen LogP contribution in [0.2, 0.25) is 0 Å². The molecule has 0 saturated heterocycles. The number of hydrogen-bond acceptors (Lipinski definition) is 4. The van der Waals surface area contributed by atoms with Crippen molar-refractivity contribution in [3.05, 3.63) is 48.2 Å². The molecule has 7 heteroatoms. The monoisotopic (exact) mass is 313 g/mol. The van der Waals surface area contributed by atoms with Crippen molar-refractivity contribution in [2.75, 3.05) is 7.11 Å². The fourth-order valence-electron chi connectivity index (χ4n) is 1.92. The molecule has 114 valence electrons. The largest absolute Gasteiger partial charge is 0.494 e. The van der Waals surface area contributed by atoms with Gasteiger partial charge in [-0.3, -0.25) is 0 Å². The summed E-state index contributed by atoms with van der Waals surface area (Å²) < 4.78 is 50.3. The maximum Gasteiger partial charge on any atom is 0.240 e. The zero-order chi connectivity index (χ0) is 15.5. The Morgan fingerprint density at radius 3 is 2.71 bits per heavy atom. The minimum atomic E-state index is -3.80. The van der Waals surface area contributed by atoms with Gasteiger partial charge in [-0.15, -0.1) is 0 Å². The Balaban J connectivity index is 2.12. The Hall–Kier alpha value is -1.86. The van der Waals surface area contributed by atoms with E-state index >= 15 is 0 Å². The van der Waals surface area contributed by atoms with Crippen LogP contribution in [-0.2, 0) is 16.4 Å². The Kier molecular flexibility index (Phi) is 4.64. The summed E-state index contributed by atoms with van der Waals surface area (Å²) in [6, 6.07) is 6.62. The van der Waals surface area contributed by atoms with Gasteiger partial charge in [0.05, 0.1) is 18.3 Å². The van der Waals surface area contributed by atoms with Gasteiger partial charge >= 0.3 is 0 Å². The average molecular weight is 313 g/mol. The quantitative estimate of drug-likeness (QED) is 0.889. The number of rotatable bonds is 6. The summed E-state index contributed by atoms with van der Waals surface area (Å²) in [7, 11) is -2.48. The maximum absolute atomic E-state index is 13.6. The fraction of sp³-hybridized carbons (Fsp3) is 0.286. The predicted molar refractivity (Wildman–Crippen MR) is 75.1 cm³/mol. The molecule has 0 unspecified atom stereocenters. The van der Waals surface area contributed by atoms with Gasteiger partial charge < -0.3 is 9.15 Å². The van der Waals surface area contributed by atoms with Crippen molar-refractivity contribution in [1.29, 1.82) is 0 Å². The molecule has 0 amide bonds. The molecule has 0 bridgehead atoms. The van der Waals surface area contributed by atoms with Gasteiger partial charge in [-0.2, -0.15) is 0 Å². The van der Waals surface area contributed by atoms with Gasteiger partial charge in [0, 0.05) is 12.5 Å². The van der Waals surface area contributed by atoms with Crippen LogP contribution in [0.1, 0.15) is 12.7 Å². The second-order valence-electron chi connectivity index (χ2n) is 4.60. The molecule has 0 saturated carbocycles. The van der Waals surface area contributed by atoms with Crippen molar-refractivity contribution in [1.82, 2.24) is 4.72 Å². The van der Waals surface area contributed by atoms with Crippen LogP contribution < -0.4 is 9.46 Å². The van der Waals surface area contributed by atoms with E-state index in [9.17, 15) is 12.8 Å². The molecular weight excluding hydrogens is 297 g/mol. The summed E-state index contributed by atoms with van der Waals surface area (Å²) in [5.74, 6) is -0.0530. The fourth-order valence-corrected chi connectivity index (χ4v) is 3.17. The number of benzene rings is 1. The van der Waals surface area contributed by atoms with E-state index in [-0.39, 0.29) is 16.7 Å². The highest BCUT2D eigenvalue weighted by Gasteiger charge is 2.20. The van der Waals surface area contributed by atoms with Crippen LogP contribution in [0.15, 0.2) is 45.9 Å². The van der Waals surface area contributed by atoms with Gasteiger partial charge in [-0.05, 0) is 37.3 Å². The number of hydrogen-bond donors (Lipinski definition) is 1. The first-order valence-corrected chi connectivity index (χ1v) is 7.79. The lowest BCUT2D eigenvalue weighted by atomic mass is 10.2. The zero-order valence-corrected chi connectivity index (χ0v) is 12.5. The highest BCUT2D eigenvalue weighted by Crippen LogP contribution is 2.20. The van der Waals surface area contributed by atoms with Crippen LogP contribution in [0.5, 0.6) is 5.75 Å². The van der Waals surface area contributed by atoms with Gasteiger partial charge in [-0.1, -0.05) is 0 Å². The second kappa shape index (κ2) is 6.28. The van der Waals surface area contributed by atoms with E-state index in [1.807, 2.05) is 0 Å². The average Bonchev–Trinajstić information content (AvgIpc) is 2.90. The van der Waals surface area contributed by atoms with Crippen molar-refractivity contribution >= 4 is 10.0 Å². The molecule has 21 heavy (non-hydrogen) atoms. The molecule has 1 aromatic carbocycles. The van der Waals surface area contributed by atoms with Gasteiger partial charge in [0.1, 0.15) is 5.76 Å². The van der Waals surface area contributed by atoms with E-state index in [2.05, 4.69) is 4.72 Å². The smallest absolute Gasteiger partial charge is 0.240 e. The summed E-state index contributed by atoms with van der Waals surface area (Å²) >= 11 is 0. The van der Waals surface area contributed by atoms with E-state index in [1.54, 1.807) is 19.1 Å². The van der Waals surface area contributed by atoms with Crippen LogP contribution >= 0.6 is 0 Å². The van der Waals surface area contributed by atoms with Crippen molar-refractivity contribution in [2.24, 2.45) is 0 Å². The number of ether oxygens (including phenoxy) is 1. The highest BCUT2D eigenvalue weighted by atomic mass is 32.2. The minimum Gasteiger partial charge on any atom is -0.494 e. The second-order valence-corrected chi connectivity index (χ2v) is 6.32. The van der Waals surface area contributed by atoms with E-state index < -0.39 is 15.8 Å². The summed E-state index contributed by atoms with van der Waals surface area (Å²) in [5.41, 5.74) is 0. The van der Waals surface area contributed by atoms with Crippen LogP contribution in [-0.4, -0.2) is 21.6 Å². The molecule has 2 rings (SSSR count). The van der Waals surface area contributed by atoms with Crippen LogP contribution in [0.3, 0.4) is 0 Å². The van der Waals surface area contributed by atoms with E-state index in [4.69, 9.17) is 9.15 Å². The molecule has 0 aliphatic rings. The van der Waals surface area contributed by atoms with E-state index in [0.717, 1.165) is 6.07 Å². The number of sulfonamides is 1. The number of methoxy groups -OCH3 is 1. The molecule has 1 atom stereocenters. The third-order valence-electron chi connectivity index (χ3n) is 2.88. The van der Waals surface area contributed by atoms with Crippen LogP contribution in [0.4, 0.5) is 4.39 Å². The number of nitrogens with one attached hydrogen (secondary N) is 1. The SMILES string of the molecule is COc1ccc(S(=O)(=O)N[C@H](C)Cc2ccco2)cc1F. The minimum absolute atomic E-state index is 0.00224. The molecule has 2 aromatic rings. The van der Waals surface area contributed by atoms with E-state index in [0.29, 0.717) is 12.2 Å². The summed E-state index contributed by atoms with van der Waals surface area (Å²) in [5, 5.41) is 0. The van der Waals surface area contributed by atoms with Crippen molar-refractivity contribution in [3.63, 3.8) is 0 Å². The zero-order valence-electron chi connectivity index (χ0n) is 11.7. The Morgan fingerprint density at radius 2 is 2.14 bits per heavy atom.